The smallest absolute Gasteiger partial charge is 0.0991 e. The zero-order valence-corrected chi connectivity index (χ0v) is 8.86. The maximum atomic E-state index is 8.79. The largest absolute Gasteiger partial charge is 0.383 e. The molecule has 1 aromatic rings. The fraction of sp³-hybridized carbons (Fsp3) is 0.417. The summed E-state index contributed by atoms with van der Waals surface area (Å²) in [7, 11) is 1.72. The van der Waals surface area contributed by atoms with Crippen molar-refractivity contribution in [2.24, 2.45) is 0 Å². The van der Waals surface area contributed by atoms with E-state index < -0.39 is 0 Å². The van der Waals surface area contributed by atoms with Gasteiger partial charge in [0.2, 0.25) is 0 Å². The Bertz CT molecular complexity index is 395. The first-order chi connectivity index (χ1) is 7.33. The Balaban J connectivity index is 2.07. The lowest BCUT2D eigenvalue weighted by atomic mass is 10.1. The molecule has 15 heavy (non-hydrogen) atoms. The first kappa shape index (κ1) is 10.2. The highest BCUT2D eigenvalue weighted by molar-refractivity contribution is 5.39. The number of ether oxygens (including phenoxy) is 1. The van der Waals surface area contributed by atoms with E-state index in [4.69, 9.17) is 10.00 Å². The summed E-state index contributed by atoms with van der Waals surface area (Å²) in [4.78, 5) is 2.33. The van der Waals surface area contributed by atoms with Crippen LogP contribution in [0.15, 0.2) is 18.2 Å². The second-order valence-electron chi connectivity index (χ2n) is 3.80. The summed E-state index contributed by atoms with van der Waals surface area (Å²) in [6.07, 6.45) is 0. The Kier molecular flexibility index (Phi) is 3.00. The molecule has 0 radical (unpaired) electrons. The predicted molar refractivity (Wildman–Crippen MR) is 57.1 cm³/mol. The van der Waals surface area contributed by atoms with E-state index in [0.29, 0.717) is 0 Å². The molecule has 0 saturated heterocycles. The van der Waals surface area contributed by atoms with Crippen molar-refractivity contribution in [3.63, 3.8) is 0 Å². The molecule has 0 atom stereocenters. The van der Waals surface area contributed by atoms with Gasteiger partial charge < -0.3 is 4.74 Å². The summed E-state index contributed by atoms with van der Waals surface area (Å²) >= 11 is 0. The number of hydrogen-bond acceptors (Lipinski definition) is 3. The number of hydrogen-bond donors (Lipinski definition) is 0. The third-order valence-electron chi connectivity index (χ3n) is 2.73. The molecule has 78 valence electrons. The Morgan fingerprint density at radius 1 is 1.40 bits per heavy atom. The van der Waals surface area contributed by atoms with Crippen LogP contribution in [0.4, 0.5) is 0 Å². The molecular weight excluding hydrogens is 188 g/mol. The Hall–Kier alpha value is -1.37. The fourth-order valence-electron chi connectivity index (χ4n) is 1.91. The van der Waals surface area contributed by atoms with Gasteiger partial charge in [-0.25, -0.2) is 0 Å². The number of rotatable bonds is 3. The number of nitriles is 1. The van der Waals surface area contributed by atoms with Crippen LogP contribution < -0.4 is 0 Å². The number of methoxy groups -OCH3 is 1. The first-order valence-corrected chi connectivity index (χ1v) is 5.06. The molecule has 0 spiro atoms. The zero-order chi connectivity index (χ0) is 10.7. The van der Waals surface area contributed by atoms with Crippen LogP contribution in [-0.4, -0.2) is 25.2 Å². The molecule has 0 unspecified atom stereocenters. The van der Waals surface area contributed by atoms with Crippen LogP contribution in [0.1, 0.15) is 16.7 Å². The van der Waals surface area contributed by atoms with Crippen LogP contribution in [0, 0.1) is 11.3 Å². The number of benzene rings is 1. The van der Waals surface area contributed by atoms with E-state index in [2.05, 4.69) is 17.0 Å². The van der Waals surface area contributed by atoms with Crippen molar-refractivity contribution in [2.75, 3.05) is 20.3 Å². The summed E-state index contributed by atoms with van der Waals surface area (Å²) in [5, 5.41) is 8.79. The standard InChI is InChI=1S/C12H14N2O/c1-15-5-4-14-8-11-3-2-10(7-13)6-12(11)9-14/h2-3,6H,4-5,8-9H2,1H3. The Labute approximate surface area is 89.9 Å². The summed E-state index contributed by atoms with van der Waals surface area (Å²) in [6.45, 7) is 3.63. The van der Waals surface area contributed by atoms with Crippen LogP contribution in [0.3, 0.4) is 0 Å². The normalized spacial score (nSPS) is 14.9. The third kappa shape index (κ3) is 2.17. The maximum Gasteiger partial charge on any atom is 0.0991 e. The van der Waals surface area contributed by atoms with E-state index in [1.807, 2.05) is 12.1 Å². The highest BCUT2D eigenvalue weighted by Gasteiger charge is 2.18. The van der Waals surface area contributed by atoms with Crippen molar-refractivity contribution >= 4 is 0 Å². The molecule has 0 saturated carbocycles. The van der Waals surface area contributed by atoms with Crippen molar-refractivity contribution in [1.29, 1.82) is 5.26 Å². The van der Waals surface area contributed by atoms with Crippen molar-refractivity contribution in [3.8, 4) is 6.07 Å². The van der Waals surface area contributed by atoms with Gasteiger partial charge in [-0.15, -0.1) is 0 Å². The van der Waals surface area contributed by atoms with E-state index in [0.717, 1.165) is 31.8 Å². The van der Waals surface area contributed by atoms with Crippen molar-refractivity contribution in [2.45, 2.75) is 13.1 Å². The highest BCUT2D eigenvalue weighted by Crippen LogP contribution is 2.23. The van der Waals surface area contributed by atoms with Crippen LogP contribution in [0.5, 0.6) is 0 Å². The Morgan fingerprint density at radius 3 is 2.93 bits per heavy atom. The molecule has 2 rings (SSSR count). The van der Waals surface area contributed by atoms with E-state index >= 15 is 0 Å². The van der Waals surface area contributed by atoms with E-state index in [-0.39, 0.29) is 0 Å². The molecule has 1 heterocycles. The van der Waals surface area contributed by atoms with Crippen LogP contribution in [-0.2, 0) is 17.8 Å². The minimum Gasteiger partial charge on any atom is -0.383 e. The molecule has 1 aliphatic heterocycles. The van der Waals surface area contributed by atoms with Crippen LogP contribution in [0.25, 0.3) is 0 Å². The van der Waals surface area contributed by atoms with Gasteiger partial charge in [0.25, 0.3) is 0 Å². The van der Waals surface area contributed by atoms with Gasteiger partial charge in [-0.2, -0.15) is 5.26 Å². The van der Waals surface area contributed by atoms with Gasteiger partial charge in [0.1, 0.15) is 0 Å². The molecule has 0 fully saturated rings. The van der Waals surface area contributed by atoms with Crippen molar-refractivity contribution in [1.82, 2.24) is 4.90 Å². The zero-order valence-electron chi connectivity index (χ0n) is 8.86. The molecule has 0 aliphatic carbocycles. The van der Waals surface area contributed by atoms with Gasteiger partial charge in [-0.1, -0.05) is 6.07 Å². The molecule has 0 aromatic heterocycles. The average Bonchev–Trinajstić information content (AvgIpc) is 2.67. The van der Waals surface area contributed by atoms with Gasteiger partial charge in [-0.05, 0) is 23.3 Å². The summed E-state index contributed by atoms with van der Waals surface area (Å²) in [6, 6.07) is 8.10. The predicted octanol–water partition coefficient (Wildman–Crippen LogP) is 1.52. The van der Waals surface area contributed by atoms with Gasteiger partial charge in [-0.3, -0.25) is 4.90 Å². The lowest BCUT2D eigenvalue weighted by molar-refractivity contribution is 0.147. The fourth-order valence-corrected chi connectivity index (χ4v) is 1.91. The minimum atomic E-state index is 0.752. The van der Waals surface area contributed by atoms with Gasteiger partial charge in [0, 0.05) is 26.7 Å². The van der Waals surface area contributed by atoms with Crippen molar-refractivity contribution < 1.29 is 4.74 Å². The monoisotopic (exact) mass is 202 g/mol. The topological polar surface area (TPSA) is 36.3 Å². The second-order valence-corrected chi connectivity index (χ2v) is 3.80. The number of fused-ring (bicyclic) bond motifs is 1. The average molecular weight is 202 g/mol. The molecular formula is C12H14N2O. The lowest BCUT2D eigenvalue weighted by Gasteiger charge is -2.13. The number of nitrogens with zero attached hydrogens (tertiary/aromatic N) is 2. The summed E-state index contributed by atoms with van der Waals surface area (Å²) in [5.41, 5.74) is 3.37. The first-order valence-electron chi connectivity index (χ1n) is 5.06. The molecule has 3 nitrogen and oxygen atoms in total. The maximum absolute atomic E-state index is 8.79. The SMILES string of the molecule is COCCN1Cc2ccc(C#N)cc2C1. The molecule has 1 aliphatic rings. The third-order valence-corrected chi connectivity index (χ3v) is 2.73. The second kappa shape index (κ2) is 4.43. The van der Waals surface area contributed by atoms with Crippen LogP contribution in [0.2, 0.25) is 0 Å². The lowest BCUT2D eigenvalue weighted by Crippen LogP contribution is -2.21. The Morgan fingerprint density at radius 2 is 2.20 bits per heavy atom. The molecule has 0 bridgehead atoms. The highest BCUT2D eigenvalue weighted by atomic mass is 16.5. The van der Waals surface area contributed by atoms with Gasteiger partial charge in [0.05, 0.1) is 18.2 Å². The summed E-state index contributed by atoms with van der Waals surface area (Å²) in [5.74, 6) is 0. The molecule has 3 heteroatoms. The van der Waals surface area contributed by atoms with Gasteiger partial charge in [0.15, 0.2) is 0 Å². The van der Waals surface area contributed by atoms with Crippen molar-refractivity contribution in [3.05, 3.63) is 34.9 Å². The quantitative estimate of drug-likeness (QED) is 0.745. The van der Waals surface area contributed by atoms with Gasteiger partial charge >= 0.3 is 0 Å². The minimum absolute atomic E-state index is 0.752. The summed E-state index contributed by atoms with van der Waals surface area (Å²) < 4.78 is 5.05. The molecule has 0 N–H and O–H groups in total. The van der Waals surface area contributed by atoms with E-state index in [1.54, 1.807) is 7.11 Å². The van der Waals surface area contributed by atoms with E-state index in [9.17, 15) is 0 Å². The molecule has 1 aromatic carbocycles. The van der Waals surface area contributed by atoms with E-state index in [1.165, 1.54) is 11.1 Å². The molecule has 0 amide bonds. The van der Waals surface area contributed by atoms with Crippen LogP contribution >= 0.6 is 0 Å².